The highest BCUT2D eigenvalue weighted by atomic mass is 32.1. The number of nitrogens with one attached hydrogen (secondary N) is 1. The Morgan fingerprint density at radius 3 is 2.85 bits per heavy atom. The van der Waals surface area contributed by atoms with Crippen molar-refractivity contribution in [2.24, 2.45) is 5.92 Å². The molecule has 1 aliphatic heterocycles. The second kappa shape index (κ2) is 6.53. The van der Waals surface area contributed by atoms with Gasteiger partial charge in [0.1, 0.15) is 0 Å². The highest BCUT2D eigenvalue weighted by molar-refractivity contribution is 7.10. The Labute approximate surface area is 157 Å². The number of hydrogen-bond acceptors (Lipinski definition) is 3. The van der Waals surface area contributed by atoms with E-state index in [1.807, 2.05) is 35.6 Å². The molecular weight excluding hydrogens is 340 g/mol. The van der Waals surface area contributed by atoms with Crippen LogP contribution in [0.25, 0.3) is 10.8 Å². The molecule has 0 radical (unpaired) electrons. The molecule has 0 bridgehead atoms. The molecule has 4 heteroatoms. The van der Waals surface area contributed by atoms with E-state index in [0.29, 0.717) is 12.6 Å². The number of nitrogens with zero attached hydrogens (tertiary/aromatic N) is 1. The molecule has 1 aromatic heterocycles. The summed E-state index contributed by atoms with van der Waals surface area (Å²) in [6, 6.07) is 17.0. The zero-order chi connectivity index (χ0) is 17.5. The topological polar surface area (TPSA) is 32.3 Å². The van der Waals surface area contributed by atoms with E-state index in [2.05, 4.69) is 39.9 Å². The van der Waals surface area contributed by atoms with Gasteiger partial charge in [0, 0.05) is 28.5 Å². The van der Waals surface area contributed by atoms with Crippen LogP contribution < -0.4 is 5.32 Å². The molecule has 3 nitrogen and oxygen atoms in total. The van der Waals surface area contributed by atoms with Gasteiger partial charge in [-0.1, -0.05) is 36.4 Å². The minimum absolute atomic E-state index is 0.0886. The van der Waals surface area contributed by atoms with Gasteiger partial charge in [0.2, 0.25) is 5.91 Å². The van der Waals surface area contributed by atoms with Crippen molar-refractivity contribution in [1.29, 1.82) is 0 Å². The Morgan fingerprint density at radius 2 is 1.96 bits per heavy atom. The highest BCUT2D eigenvalue weighted by Gasteiger charge is 2.40. The van der Waals surface area contributed by atoms with Gasteiger partial charge in [-0.25, -0.2) is 0 Å². The first-order valence-corrected chi connectivity index (χ1v) is 10.3. The third-order valence-corrected chi connectivity index (χ3v) is 6.59. The molecule has 1 N–H and O–H groups in total. The number of rotatable bonds is 4. The molecule has 3 aromatic rings. The lowest BCUT2D eigenvalue weighted by Gasteiger charge is -2.35. The van der Waals surface area contributed by atoms with E-state index in [-0.39, 0.29) is 5.91 Å². The molecule has 0 saturated heterocycles. The van der Waals surface area contributed by atoms with Crippen LogP contribution >= 0.6 is 11.3 Å². The Balaban J connectivity index is 1.35. The van der Waals surface area contributed by atoms with Gasteiger partial charge in [-0.2, -0.15) is 0 Å². The van der Waals surface area contributed by atoms with Gasteiger partial charge in [-0.3, -0.25) is 9.69 Å². The second-order valence-electron chi connectivity index (χ2n) is 7.38. The van der Waals surface area contributed by atoms with Crippen LogP contribution in [0.3, 0.4) is 0 Å². The fourth-order valence-electron chi connectivity index (χ4n) is 4.25. The van der Waals surface area contributed by atoms with Crippen molar-refractivity contribution >= 4 is 33.7 Å². The number of thiophene rings is 1. The number of amides is 1. The molecule has 1 atom stereocenters. The molecule has 1 fully saturated rings. The first-order valence-electron chi connectivity index (χ1n) is 9.37. The van der Waals surface area contributed by atoms with E-state index >= 15 is 0 Å². The lowest BCUT2D eigenvalue weighted by atomic mass is 9.96. The normalized spacial score (nSPS) is 20.1. The Morgan fingerprint density at radius 1 is 1.12 bits per heavy atom. The Hall–Kier alpha value is -2.17. The van der Waals surface area contributed by atoms with Crippen molar-refractivity contribution in [2.45, 2.75) is 25.3 Å². The van der Waals surface area contributed by atoms with Crippen LogP contribution in [0.5, 0.6) is 0 Å². The van der Waals surface area contributed by atoms with Crippen molar-refractivity contribution in [3.05, 3.63) is 64.4 Å². The van der Waals surface area contributed by atoms with Crippen molar-refractivity contribution < 1.29 is 4.79 Å². The number of benzene rings is 2. The summed E-state index contributed by atoms with van der Waals surface area (Å²) in [5, 5.41) is 7.61. The van der Waals surface area contributed by atoms with Crippen LogP contribution in [0.2, 0.25) is 0 Å². The van der Waals surface area contributed by atoms with E-state index in [1.54, 1.807) is 0 Å². The largest absolute Gasteiger partial charge is 0.324 e. The minimum atomic E-state index is 0.0886. The lowest BCUT2D eigenvalue weighted by Crippen LogP contribution is -2.41. The van der Waals surface area contributed by atoms with Crippen LogP contribution in [0.1, 0.15) is 29.3 Å². The number of carbonyl (C=O) groups is 1. The quantitative estimate of drug-likeness (QED) is 0.720. The third kappa shape index (κ3) is 2.93. The molecule has 0 unspecified atom stereocenters. The zero-order valence-electron chi connectivity index (χ0n) is 14.7. The van der Waals surface area contributed by atoms with Gasteiger partial charge in [-0.15, -0.1) is 11.3 Å². The van der Waals surface area contributed by atoms with Crippen molar-refractivity contribution in [2.75, 3.05) is 18.4 Å². The summed E-state index contributed by atoms with van der Waals surface area (Å²) in [6.07, 6.45) is 3.65. The molecule has 26 heavy (non-hydrogen) atoms. The maximum absolute atomic E-state index is 12.8. The standard InChI is InChI=1S/C22H22N2OS/c25-21(23-19-7-3-5-15-4-1-2-6-17(15)19)14-24-12-10-20-18(11-13-26-20)22(24)16-8-9-16/h1-7,11,13,16,22H,8-10,12,14H2,(H,23,25)/t22-/m0/s1. The Kier molecular flexibility index (Phi) is 4.03. The average Bonchev–Trinajstić information content (AvgIpc) is 3.38. The number of hydrogen-bond donors (Lipinski definition) is 1. The number of anilines is 1. The summed E-state index contributed by atoms with van der Waals surface area (Å²) in [5.74, 6) is 0.819. The summed E-state index contributed by atoms with van der Waals surface area (Å²) < 4.78 is 0. The van der Waals surface area contributed by atoms with Crippen molar-refractivity contribution in [1.82, 2.24) is 4.90 Å². The first kappa shape index (κ1) is 16.0. The zero-order valence-corrected chi connectivity index (χ0v) is 15.5. The molecule has 2 aromatic carbocycles. The number of carbonyl (C=O) groups excluding carboxylic acids is 1. The SMILES string of the molecule is O=C(CN1CCc2sccc2[C@@H]1C1CC1)Nc1cccc2ccccc12. The van der Waals surface area contributed by atoms with Gasteiger partial charge in [0.15, 0.2) is 0 Å². The van der Waals surface area contributed by atoms with E-state index in [0.717, 1.165) is 35.3 Å². The van der Waals surface area contributed by atoms with E-state index in [1.165, 1.54) is 23.3 Å². The minimum Gasteiger partial charge on any atom is -0.324 e. The predicted molar refractivity (Wildman–Crippen MR) is 108 cm³/mol. The fourth-order valence-corrected chi connectivity index (χ4v) is 5.16. The fraction of sp³-hybridized carbons (Fsp3) is 0.318. The van der Waals surface area contributed by atoms with Gasteiger partial charge in [0.05, 0.1) is 6.54 Å². The lowest BCUT2D eigenvalue weighted by molar-refractivity contribution is -0.118. The van der Waals surface area contributed by atoms with Gasteiger partial charge >= 0.3 is 0 Å². The smallest absolute Gasteiger partial charge is 0.238 e. The second-order valence-corrected chi connectivity index (χ2v) is 8.38. The molecule has 132 valence electrons. The van der Waals surface area contributed by atoms with E-state index in [4.69, 9.17) is 0 Å². The van der Waals surface area contributed by atoms with Gasteiger partial charge < -0.3 is 5.32 Å². The summed E-state index contributed by atoms with van der Waals surface area (Å²) in [7, 11) is 0. The van der Waals surface area contributed by atoms with E-state index < -0.39 is 0 Å². The molecule has 1 amide bonds. The van der Waals surface area contributed by atoms with Crippen molar-refractivity contribution in [3.63, 3.8) is 0 Å². The summed E-state index contributed by atoms with van der Waals surface area (Å²) in [6.45, 7) is 1.46. The first-order chi connectivity index (χ1) is 12.8. The van der Waals surface area contributed by atoms with Gasteiger partial charge in [0.25, 0.3) is 0 Å². The van der Waals surface area contributed by atoms with Crippen molar-refractivity contribution in [3.8, 4) is 0 Å². The average molecular weight is 362 g/mol. The van der Waals surface area contributed by atoms with E-state index in [9.17, 15) is 4.79 Å². The molecule has 1 aliphatic carbocycles. The van der Waals surface area contributed by atoms with Crippen LogP contribution in [-0.4, -0.2) is 23.9 Å². The van der Waals surface area contributed by atoms with Crippen LogP contribution in [0.4, 0.5) is 5.69 Å². The van der Waals surface area contributed by atoms with Crippen LogP contribution in [0, 0.1) is 5.92 Å². The van der Waals surface area contributed by atoms with Crippen LogP contribution in [-0.2, 0) is 11.2 Å². The third-order valence-electron chi connectivity index (χ3n) is 5.60. The monoisotopic (exact) mass is 362 g/mol. The molecule has 5 rings (SSSR count). The maximum Gasteiger partial charge on any atom is 0.238 e. The highest BCUT2D eigenvalue weighted by Crippen LogP contribution is 2.48. The molecule has 2 heterocycles. The van der Waals surface area contributed by atoms with Crippen LogP contribution in [0.15, 0.2) is 53.9 Å². The summed E-state index contributed by atoms with van der Waals surface area (Å²) >= 11 is 1.87. The molecular formula is C22H22N2OS. The summed E-state index contributed by atoms with van der Waals surface area (Å²) in [5.41, 5.74) is 2.38. The summed E-state index contributed by atoms with van der Waals surface area (Å²) in [4.78, 5) is 16.7. The number of fused-ring (bicyclic) bond motifs is 2. The Bertz CT molecular complexity index is 954. The predicted octanol–water partition coefficient (Wildman–Crippen LogP) is 4.85. The van der Waals surface area contributed by atoms with Gasteiger partial charge in [-0.05, 0) is 53.6 Å². The molecule has 2 aliphatic rings. The molecule has 0 spiro atoms. The molecule has 1 saturated carbocycles. The maximum atomic E-state index is 12.8.